The van der Waals surface area contributed by atoms with E-state index < -0.39 is 0 Å². The van der Waals surface area contributed by atoms with Crippen molar-refractivity contribution < 1.29 is 0 Å². The van der Waals surface area contributed by atoms with E-state index in [0.29, 0.717) is 17.6 Å². The Bertz CT molecular complexity index is 1200. The second kappa shape index (κ2) is 7.53. The van der Waals surface area contributed by atoms with Crippen LogP contribution < -0.4 is 5.32 Å². The highest BCUT2D eigenvalue weighted by atomic mass is 35.5. The second-order valence-electron chi connectivity index (χ2n) is 6.93. The van der Waals surface area contributed by atoms with Gasteiger partial charge in [0.1, 0.15) is 11.9 Å². The van der Waals surface area contributed by atoms with Crippen molar-refractivity contribution in [1.82, 2.24) is 9.38 Å². The topological polar surface area (TPSA) is 53.1 Å². The molecule has 0 aliphatic rings. The predicted octanol–water partition coefficient (Wildman–Crippen LogP) is 5.73. The summed E-state index contributed by atoms with van der Waals surface area (Å²) in [4.78, 5) is 4.76. The van der Waals surface area contributed by atoms with E-state index in [-0.39, 0.29) is 0 Å². The van der Waals surface area contributed by atoms with E-state index in [4.69, 9.17) is 16.6 Å². The maximum absolute atomic E-state index is 9.89. The van der Waals surface area contributed by atoms with Crippen molar-refractivity contribution in [1.29, 1.82) is 5.26 Å². The molecular weight excluding hydrogens is 368 g/mol. The highest BCUT2D eigenvalue weighted by Gasteiger charge is 2.20. The van der Waals surface area contributed by atoms with Crippen molar-refractivity contribution >= 4 is 34.1 Å². The fourth-order valence-corrected chi connectivity index (χ4v) is 3.76. The van der Waals surface area contributed by atoms with Crippen LogP contribution in [0.1, 0.15) is 35.6 Å². The summed E-state index contributed by atoms with van der Waals surface area (Å²) in [5, 5.41) is 14.2. The first-order chi connectivity index (χ1) is 13.6. The summed E-state index contributed by atoms with van der Waals surface area (Å²) in [6.45, 7) is 5.01. The third-order valence-corrected chi connectivity index (χ3v) is 5.32. The zero-order valence-corrected chi connectivity index (χ0v) is 16.7. The van der Waals surface area contributed by atoms with Gasteiger partial charge in [-0.1, -0.05) is 42.8 Å². The van der Waals surface area contributed by atoms with Crippen LogP contribution in [-0.4, -0.2) is 15.9 Å². The number of aromatic nitrogens is 2. The highest BCUT2D eigenvalue weighted by molar-refractivity contribution is 6.30. The Labute approximate surface area is 169 Å². The number of anilines is 1. The number of pyridine rings is 1. The van der Waals surface area contributed by atoms with Crippen molar-refractivity contribution in [3.8, 4) is 6.07 Å². The third kappa shape index (κ3) is 3.08. The average molecular weight is 389 g/mol. The molecule has 0 atom stereocenters. The quantitative estimate of drug-likeness (QED) is 0.474. The van der Waals surface area contributed by atoms with Gasteiger partial charge in [-0.3, -0.25) is 4.40 Å². The molecule has 0 spiro atoms. The Morgan fingerprint density at radius 2 is 1.89 bits per heavy atom. The first-order valence-electron chi connectivity index (χ1n) is 9.45. The van der Waals surface area contributed by atoms with Gasteiger partial charge in [0, 0.05) is 23.6 Å². The number of para-hydroxylation sites is 2. The minimum atomic E-state index is 0.627. The van der Waals surface area contributed by atoms with E-state index in [1.165, 1.54) is 0 Å². The summed E-state index contributed by atoms with van der Waals surface area (Å²) in [6.07, 6.45) is 1.72. The number of nitriles is 1. The largest absolute Gasteiger partial charge is 0.371 e. The van der Waals surface area contributed by atoms with Gasteiger partial charge >= 0.3 is 0 Å². The molecule has 4 rings (SSSR count). The normalized spacial score (nSPS) is 11.1. The number of benzene rings is 2. The molecule has 2 aromatic carbocycles. The number of fused-ring (bicyclic) bond motifs is 3. The smallest absolute Gasteiger partial charge is 0.157 e. The SMILES string of the molecule is CCCNc1c(Cc2ccc(Cl)cc2)c(C)c(C#N)c2nc3ccccc3n12. The molecule has 0 saturated carbocycles. The molecule has 0 unspecified atom stereocenters. The van der Waals surface area contributed by atoms with Crippen LogP contribution in [0.3, 0.4) is 0 Å². The van der Waals surface area contributed by atoms with E-state index in [9.17, 15) is 5.26 Å². The molecule has 2 heterocycles. The van der Waals surface area contributed by atoms with Crippen LogP contribution in [-0.2, 0) is 6.42 Å². The van der Waals surface area contributed by atoms with Crippen LogP contribution in [0, 0.1) is 18.3 Å². The molecule has 28 heavy (non-hydrogen) atoms. The van der Waals surface area contributed by atoms with Crippen LogP contribution in [0.5, 0.6) is 0 Å². The zero-order valence-electron chi connectivity index (χ0n) is 16.0. The van der Waals surface area contributed by atoms with Gasteiger partial charge in [-0.25, -0.2) is 4.98 Å². The Morgan fingerprint density at radius 3 is 2.61 bits per heavy atom. The molecule has 0 saturated heterocycles. The van der Waals surface area contributed by atoms with Crippen LogP contribution in [0.2, 0.25) is 5.02 Å². The molecule has 2 aromatic heterocycles. The summed E-state index contributed by atoms with van der Waals surface area (Å²) >= 11 is 6.05. The zero-order chi connectivity index (χ0) is 19.7. The van der Waals surface area contributed by atoms with Gasteiger partial charge in [0.15, 0.2) is 5.65 Å². The highest BCUT2D eigenvalue weighted by Crippen LogP contribution is 2.32. The lowest BCUT2D eigenvalue weighted by Crippen LogP contribution is -2.12. The Morgan fingerprint density at radius 1 is 1.14 bits per heavy atom. The van der Waals surface area contributed by atoms with Crippen molar-refractivity contribution in [2.24, 2.45) is 0 Å². The summed E-state index contributed by atoms with van der Waals surface area (Å²) in [6, 6.07) is 18.3. The monoisotopic (exact) mass is 388 g/mol. The van der Waals surface area contributed by atoms with Crippen LogP contribution in [0.25, 0.3) is 16.7 Å². The van der Waals surface area contributed by atoms with Crippen LogP contribution >= 0.6 is 11.6 Å². The van der Waals surface area contributed by atoms with Gasteiger partial charge in [-0.15, -0.1) is 0 Å². The minimum Gasteiger partial charge on any atom is -0.371 e. The van der Waals surface area contributed by atoms with Crippen molar-refractivity contribution in [3.63, 3.8) is 0 Å². The Hall–Kier alpha value is -3.03. The molecule has 140 valence electrons. The van der Waals surface area contributed by atoms with Crippen LogP contribution in [0.15, 0.2) is 48.5 Å². The maximum atomic E-state index is 9.89. The Balaban J connectivity index is 2.03. The van der Waals surface area contributed by atoms with E-state index >= 15 is 0 Å². The van der Waals surface area contributed by atoms with E-state index in [2.05, 4.69) is 28.8 Å². The fraction of sp³-hybridized carbons (Fsp3) is 0.217. The second-order valence-corrected chi connectivity index (χ2v) is 7.36. The number of hydrogen-bond donors (Lipinski definition) is 1. The van der Waals surface area contributed by atoms with Gasteiger partial charge in [0.05, 0.1) is 16.6 Å². The first-order valence-corrected chi connectivity index (χ1v) is 9.83. The van der Waals surface area contributed by atoms with Gasteiger partial charge in [-0.2, -0.15) is 5.26 Å². The molecule has 0 radical (unpaired) electrons. The summed E-state index contributed by atoms with van der Waals surface area (Å²) in [5.74, 6) is 1.01. The average Bonchev–Trinajstić information content (AvgIpc) is 3.08. The first kappa shape index (κ1) is 18.3. The number of hydrogen-bond acceptors (Lipinski definition) is 3. The maximum Gasteiger partial charge on any atom is 0.157 e. The van der Waals surface area contributed by atoms with E-state index in [0.717, 1.165) is 51.5 Å². The van der Waals surface area contributed by atoms with E-state index in [1.54, 1.807) is 0 Å². The molecule has 0 aliphatic heterocycles. The van der Waals surface area contributed by atoms with Gasteiger partial charge in [-0.05, 0) is 48.7 Å². The summed E-state index contributed by atoms with van der Waals surface area (Å²) < 4.78 is 2.10. The molecule has 4 aromatic rings. The van der Waals surface area contributed by atoms with Crippen molar-refractivity contribution in [2.75, 3.05) is 11.9 Å². The molecule has 0 amide bonds. The van der Waals surface area contributed by atoms with Gasteiger partial charge < -0.3 is 5.32 Å². The number of nitrogens with one attached hydrogen (secondary N) is 1. The summed E-state index contributed by atoms with van der Waals surface area (Å²) in [7, 11) is 0. The molecule has 0 aliphatic carbocycles. The molecule has 0 bridgehead atoms. The van der Waals surface area contributed by atoms with Crippen molar-refractivity contribution in [2.45, 2.75) is 26.7 Å². The third-order valence-electron chi connectivity index (χ3n) is 5.07. The molecule has 0 fully saturated rings. The summed E-state index contributed by atoms with van der Waals surface area (Å²) in [5.41, 5.74) is 6.47. The lowest BCUT2D eigenvalue weighted by Gasteiger charge is -2.19. The standard InChI is InChI=1S/C23H21ClN4/c1-3-12-26-22-18(13-16-8-10-17(24)11-9-16)15(2)19(14-25)23-27-20-6-4-5-7-21(20)28(22)23/h4-11,26H,3,12-13H2,1-2H3. The number of nitrogens with zero attached hydrogens (tertiary/aromatic N) is 3. The molecular formula is C23H21ClN4. The number of imidazole rings is 1. The lowest BCUT2D eigenvalue weighted by atomic mass is 9.97. The van der Waals surface area contributed by atoms with Crippen LogP contribution in [0.4, 0.5) is 5.82 Å². The Kier molecular flexibility index (Phi) is 4.93. The molecule has 1 N–H and O–H groups in total. The predicted molar refractivity (Wildman–Crippen MR) is 115 cm³/mol. The minimum absolute atomic E-state index is 0.627. The van der Waals surface area contributed by atoms with Gasteiger partial charge in [0.25, 0.3) is 0 Å². The van der Waals surface area contributed by atoms with E-state index in [1.807, 2.05) is 49.4 Å². The molecule has 4 nitrogen and oxygen atoms in total. The lowest BCUT2D eigenvalue weighted by molar-refractivity contribution is 0.950. The number of rotatable bonds is 5. The number of halogens is 1. The van der Waals surface area contributed by atoms with Crippen molar-refractivity contribution in [3.05, 3.63) is 75.8 Å². The fourth-order valence-electron chi connectivity index (χ4n) is 3.64. The van der Waals surface area contributed by atoms with Gasteiger partial charge in [0.2, 0.25) is 0 Å². The molecule has 5 heteroatoms.